The van der Waals surface area contributed by atoms with E-state index in [-0.39, 0.29) is 16.8 Å². The van der Waals surface area contributed by atoms with Crippen LogP contribution < -0.4 is 25.6 Å². The van der Waals surface area contributed by atoms with Gasteiger partial charge in [-0.15, -0.1) is 0 Å². The number of aromatic nitrogens is 2. The van der Waals surface area contributed by atoms with E-state index in [1.807, 2.05) is 4.90 Å². The highest BCUT2D eigenvalue weighted by Gasteiger charge is 2.26. The van der Waals surface area contributed by atoms with Crippen LogP contribution in [0.1, 0.15) is 5.56 Å². The van der Waals surface area contributed by atoms with E-state index in [1.54, 1.807) is 36.4 Å². The van der Waals surface area contributed by atoms with E-state index in [2.05, 4.69) is 38.6 Å². The number of methoxy groups -OCH3 is 1. The summed E-state index contributed by atoms with van der Waals surface area (Å²) in [6.07, 6.45) is 3.75. The Bertz CT molecular complexity index is 1580. The van der Waals surface area contributed by atoms with Crippen LogP contribution in [0.4, 0.5) is 34.5 Å². The monoisotopic (exact) mass is 582 g/mol. The molecule has 1 aliphatic heterocycles. The number of para-hydroxylation sites is 1. The van der Waals surface area contributed by atoms with Gasteiger partial charge in [0.15, 0.2) is 5.82 Å². The van der Waals surface area contributed by atoms with E-state index >= 15 is 0 Å². The molecule has 1 amide bonds. The fourth-order valence-electron chi connectivity index (χ4n) is 4.09. The van der Waals surface area contributed by atoms with Gasteiger partial charge in [0.2, 0.25) is 21.9 Å². The van der Waals surface area contributed by atoms with Crippen LogP contribution in [0.3, 0.4) is 0 Å². The van der Waals surface area contributed by atoms with Gasteiger partial charge in [-0.05, 0) is 24.3 Å². The highest BCUT2D eigenvalue weighted by Crippen LogP contribution is 2.39. The van der Waals surface area contributed by atoms with Crippen molar-refractivity contribution in [2.24, 2.45) is 0 Å². The molecule has 0 spiro atoms. The molecule has 4 rings (SSSR count). The Morgan fingerprint density at radius 3 is 2.52 bits per heavy atom. The lowest BCUT2D eigenvalue weighted by Gasteiger charge is -2.36. The van der Waals surface area contributed by atoms with Gasteiger partial charge in [-0.2, -0.15) is 14.6 Å². The van der Waals surface area contributed by atoms with Crippen molar-refractivity contribution in [1.82, 2.24) is 14.3 Å². The number of carbonyl (C=O) groups excluding carboxylic acids is 1. The number of hydrogen-bond donors (Lipinski definition) is 3. The standard InChI is InChI=1S/C26H27ClN8O4S/c1-4-24(36)30-20-13-21(23(39-2)14-22(20)34-9-11-35(12-10-34)40(3,37)38)32-26-29-16-18(27)25(33-26)31-19-8-6-5-7-17(19)15-28/h4-8,13-14,16H,1,9-12H2,2-3H3,(H,30,36)(H2,29,31,32,33). The van der Waals surface area contributed by atoms with Crippen molar-refractivity contribution in [3.8, 4) is 11.8 Å². The summed E-state index contributed by atoms with van der Waals surface area (Å²) in [5, 5.41) is 18.6. The van der Waals surface area contributed by atoms with Gasteiger partial charge in [-0.3, -0.25) is 4.79 Å². The Labute approximate surface area is 237 Å². The van der Waals surface area contributed by atoms with Crippen LogP contribution in [-0.2, 0) is 14.8 Å². The summed E-state index contributed by atoms with van der Waals surface area (Å²) in [4.78, 5) is 23.0. The first-order valence-electron chi connectivity index (χ1n) is 12.0. The smallest absolute Gasteiger partial charge is 0.247 e. The maximum absolute atomic E-state index is 12.3. The Morgan fingerprint density at radius 2 is 1.88 bits per heavy atom. The van der Waals surface area contributed by atoms with Crippen molar-refractivity contribution in [1.29, 1.82) is 5.26 Å². The average Bonchev–Trinajstić information content (AvgIpc) is 2.94. The number of piperazine rings is 1. The maximum Gasteiger partial charge on any atom is 0.247 e. The zero-order chi connectivity index (χ0) is 28.9. The largest absolute Gasteiger partial charge is 0.494 e. The predicted octanol–water partition coefficient (Wildman–Crippen LogP) is 3.70. The van der Waals surface area contributed by atoms with E-state index < -0.39 is 15.9 Å². The highest BCUT2D eigenvalue weighted by atomic mass is 35.5. The van der Waals surface area contributed by atoms with Gasteiger partial charge in [0.05, 0.1) is 47.9 Å². The third-order valence-electron chi connectivity index (χ3n) is 6.10. The minimum absolute atomic E-state index is 0.176. The molecule has 12 nitrogen and oxygen atoms in total. The summed E-state index contributed by atoms with van der Waals surface area (Å²) >= 11 is 6.32. The average molecular weight is 583 g/mol. The van der Waals surface area contributed by atoms with Crippen molar-refractivity contribution in [2.75, 3.05) is 60.4 Å². The molecule has 0 atom stereocenters. The van der Waals surface area contributed by atoms with Gasteiger partial charge < -0.3 is 25.6 Å². The maximum atomic E-state index is 12.3. The quantitative estimate of drug-likeness (QED) is 0.318. The molecule has 208 valence electrons. The normalized spacial score (nSPS) is 13.7. The number of amides is 1. The number of nitrogens with zero attached hydrogens (tertiary/aromatic N) is 5. The van der Waals surface area contributed by atoms with Crippen LogP contribution in [0.5, 0.6) is 5.75 Å². The van der Waals surface area contributed by atoms with E-state index in [0.29, 0.717) is 60.2 Å². The van der Waals surface area contributed by atoms with Crippen LogP contribution in [0.15, 0.2) is 55.3 Å². The first-order valence-corrected chi connectivity index (χ1v) is 14.3. The van der Waals surface area contributed by atoms with Crippen LogP contribution in [-0.4, -0.2) is 68.1 Å². The minimum Gasteiger partial charge on any atom is -0.494 e. The number of carbonyl (C=O) groups is 1. The lowest BCUT2D eigenvalue weighted by atomic mass is 10.1. The molecule has 0 aliphatic carbocycles. The third kappa shape index (κ3) is 6.60. The first-order chi connectivity index (χ1) is 19.1. The molecular weight excluding hydrogens is 556 g/mol. The molecule has 3 N–H and O–H groups in total. The van der Waals surface area contributed by atoms with Crippen LogP contribution >= 0.6 is 11.6 Å². The van der Waals surface area contributed by atoms with Gasteiger partial charge in [-0.25, -0.2) is 13.4 Å². The van der Waals surface area contributed by atoms with E-state index in [0.717, 1.165) is 6.08 Å². The molecule has 2 aromatic carbocycles. The fourth-order valence-corrected chi connectivity index (χ4v) is 5.06. The summed E-state index contributed by atoms with van der Waals surface area (Å²) in [5.74, 6) is 0.467. The summed E-state index contributed by atoms with van der Waals surface area (Å²) in [6.45, 7) is 4.97. The Morgan fingerprint density at radius 1 is 1.15 bits per heavy atom. The molecule has 3 aromatic rings. The number of anilines is 6. The van der Waals surface area contributed by atoms with Crippen molar-refractivity contribution in [3.63, 3.8) is 0 Å². The van der Waals surface area contributed by atoms with Crippen LogP contribution in [0.2, 0.25) is 5.02 Å². The molecule has 0 bridgehead atoms. The van der Waals surface area contributed by atoms with E-state index in [1.165, 1.54) is 23.9 Å². The van der Waals surface area contributed by atoms with Gasteiger partial charge >= 0.3 is 0 Å². The Kier molecular flexibility index (Phi) is 8.73. The number of ether oxygens (including phenoxy) is 1. The number of nitriles is 1. The molecule has 1 fully saturated rings. The fraction of sp³-hybridized carbons (Fsp3) is 0.231. The van der Waals surface area contributed by atoms with E-state index in [4.69, 9.17) is 16.3 Å². The van der Waals surface area contributed by atoms with Crippen LogP contribution in [0, 0.1) is 11.3 Å². The first kappa shape index (κ1) is 28.6. The second kappa shape index (κ2) is 12.2. The molecule has 0 radical (unpaired) electrons. The van der Waals surface area contributed by atoms with E-state index in [9.17, 15) is 18.5 Å². The summed E-state index contributed by atoms with van der Waals surface area (Å²) in [7, 11) is -1.80. The number of halogens is 1. The third-order valence-corrected chi connectivity index (χ3v) is 7.68. The molecule has 40 heavy (non-hydrogen) atoms. The lowest BCUT2D eigenvalue weighted by Crippen LogP contribution is -2.48. The highest BCUT2D eigenvalue weighted by molar-refractivity contribution is 7.88. The van der Waals surface area contributed by atoms with Gasteiger partial charge in [-0.1, -0.05) is 30.3 Å². The second-order valence-electron chi connectivity index (χ2n) is 8.71. The van der Waals surface area contributed by atoms with Gasteiger partial charge in [0.25, 0.3) is 0 Å². The molecule has 0 unspecified atom stereocenters. The SMILES string of the molecule is C=CC(=O)Nc1cc(Nc2ncc(Cl)c(Nc3ccccc3C#N)n2)c(OC)cc1N1CCN(S(C)(=O)=O)CC1. The van der Waals surface area contributed by atoms with Crippen molar-refractivity contribution >= 4 is 62.0 Å². The minimum atomic E-state index is -3.30. The number of hydrogen-bond acceptors (Lipinski definition) is 10. The van der Waals surface area contributed by atoms with Gasteiger partial charge in [0.1, 0.15) is 16.8 Å². The number of benzene rings is 2. The van der Waals surface area contributed by atoms with Crippen molar-refractivity contribution < 1.29 is 17.9 Å². The summed E-state index contributed by atoms with van der Waals surface area (Å²) < 4.78 is 30.9. The number of nitrogens with one attached hydrogen (secondary N) is 3. The molecule has 1 saturated heterocycles. The summed E-state index contributed by atoms with van der Waals surface area (Å²) in [5.41, 5.74) is 2.51. The predicted molar refractivity (Wildman–Crippen MR) is 155 cm³/mol. The number of rotatable bonds is 9. The van der Waals surface area contributed by atoms with Crippen LogP contribution in [0.25, 0.3) is 0 Å². The second-order valence-corrected chi connectivity index (χ2v) is 11.1. The molecule has 1 aromatic heterocycles. The molecule has 2 heterocycles. The molecule has 0 saturated carbocycles. The van der Waals surface area contributed by atoms with Crippen molar-refractivity contribution in [3.05, 3.63) is 65.8 Å². The topological polar surface area (TPSA) is 153 Å². The zero-order valence-corrected chi connectivity index (χ0v) is 23.4. The summed E-state index contributed by atoms with van der Waals surface area (Å²) in [6, 6.07) is 12.5. The molecule has 14 heteroatoms. The van der Waals surface area contributed by atoms with Gasteiger partial charge in [0, 0.05) is 32.2 Å². The zero-order valence-electron chi connectivity index (χ0n) is 21.8. The molecular formula is C26H27ClN8O4S. The Hall–Kier alpha value is -4.38. The van der Waals surface area contributed by atoms with Crippen molar-refractivity contribution in [2.45, 2.75) is 0 Å². The lowest BCUT2D eigenvalue weighted by molar-refractivity contribution is -0.111. The number of sulfonamides is 1. The molecule has 1 aliphatic rings. The Balaban J connectivity index is 1.66.